The van der Waals surface area contributed by atoms with Gasteiger partial charge in [-0.2, -0.15) is 0 Å². The molecule has 4 rings (SSSR count). The minimum absolute atomic E-state index is 0.161. The molecule has 4 aromatic rings. The zero-order valence-electron chi connectivity index (χ0n) is 13.6. The molecule has 5 heteroatoms. The maximum Gasteiger partial charge on any atom is 0.228 e. The van der Waals surface area contributed by atoms with E-state index in [1.165, 1.54) is 12.1 Å². The third-order valence-electron chi connectivity index (χ3n) is 4.33. The first-order valence-corrected chi connectivity index (χ1v) is 8.02. The summed E-state index contributed by atoms with van der Waals surface area (Å²) in [4.78, 5) is 20.1. The topological polar surface area (TPSA) is 57.8 Å². The van der Waals surface area contributed by atoms with Crippen LogP contribution in [-0.4, -0.2) is 15.9 Å². The van der Waals surface area contributed by atoms with E-state index in [1.54, 1.807) is 12.3 Å². The normalized spacial score (nSPS) is 11.1. The zero-order chi connectivity index (χ0) is 17.4. The maximum absolute atomic E-state index is 13.6. The van der Waals surface area contributed by atoms with Gasteiger partial charge in [-0.05, 0) is 42.8 Å². The summed E-state index contributed by atoms with van der Waals surface area (Å²) in [5, 5.41) is 4.62. The van der Waals surface area contributed by atoms with Crippen LogP contribution in [0.15, 0.2) is 54.7 Å². The number of para-hydroxylation sites is 1. The molecule has 0 saturated heterocycles. The van der Waals surface area contributed by atoms with Gasteiger partial charge in [-0.3, -0.25) is 9.78 Å². The predicted octanol–water partition coefficient (Wildman–Crippen LogP) is 4.34. The van der Waals surface area contributed by atoms with Crippen molar-refractivity contribution in [1.82, 2.24) is 9.97 Å². The summed E-state index contributed by atoms with van der Waals surface area (Å²) in [6.07, 6.45) is 1.86. The number of aromatic amines is 1. The Hall–Kier alpha value is -3.21. The SMILES string of the molecule is Cc1[nH]c2ccc(F)cc2c1CC(=O)Nc1cccc2cccnc12. The Morgan fingerprint density at radius 2 is 2.04 bits per heavy atom. The fourth-order valence-electron chi connectivity index (χ4n) is 3.14. The number of aromatic nitrogens is 2. The molecule has 0 spiro atoms. The molecular weight excluding hydrogens is 317 g/mol. The van der Waals surface area contributed by atoms with E-state index in [9.17, 15) is 9.18 Å². The number of carbonyl (C=O) groups is 1. The van der Waals surface area contributed by atoms with Gasteiger partial charge in [0.1, 0.15) is 5.82 Å². The molecule has 0 atom stereocenters. The number of rotatable bonds is 3. The highest BCUT2D eigenvalue weighted by Gasteiger charge is 2.14. The van der Waals surface area contributed by atoms with Crippen LogP contribution in [0.2, 0.25) is 0 Å². The molecule has 0 aliphatic heterocycles. The molecule has 0 saturated carbocycles. The molecule has 0 bridgehead atoms. The second-order valence-corrected chi connectivity index (χ2v) is 6.02. The fourth-order valence-corrected chi connectivity index (χ4v) is 3.14. The summed E-state index contributed by atoms with van der Waals surface area (Å²) in [6.45, 7) is 1.89. The van der Waals surface area contributed by atoms with Crippen LogP contribution in [0, 0.1) is 12.7 Å². The number of halogens is 1. The van der Waals surface area contributed by atoms with Crippen molar-refractivity contribution in [3.8, 4) is 0 Å². The monoisotopic (exact) mass is 333 g/mol. The standard InChI is InChI=1S/C20H16FN3O/c1-12-15(16-10-14(21)7-8-17(16)23-12)11-19(25)24-18-6-2-4-13-5-3-9-22-20(13)18/h2-10,23H,11H2,1H3,(H,24,25). The molecule has 2 aromatic carbocycles. The Morgan fingerprint density at radius 1 is 1.20 bits per heavy atom. The molecule has 0 aliphatic carbocycles. The fraction of sp³-hybridized carbons (Fsp3) is 0.100. The minimum atomic E-state index is -0.314. The van der Waals surface area contributed by atoms with E-state index in [0.29, 0.717) is 5.69 Å². The van der Waals surface area contributed by atoms with E-state index in [2.05, 4.69) is 15.3 Å². The maximum atomic E-state index is 13.6. The minimum Gasteiger partial charge on any atom is -0.358 e. The van der Waals surface area contributed by atoms with Gasteiger partial charge >= 0.3 is 0 Å². The number of pyridine rings is 1. The number of anilines is 1. The number of nitrogens with zero attached hydrogens (tertiary/aromatic N) is 1. The van der Waals surface area contributed by atoms with E-state index in [0.717, 1.165) is 33.1 Å². The molecule has 2 N–H and O–H groups in total. The van der Waals surface area contributed by atoms with Crippen LogP contribution < -0.4 is 5.32 Å². The van der Waals surface area contributed by atoms with Gasteiger partial charge in [-0.1, -0.05) is 18.2 Å². The van der Waals surface area contributed by atoms with Crippen molar-refractivity contribution < 1.29 is 9.18 Å². The Bertz CT molecular complexity index is 1100. The lowest BCUT2D eigenvalue weighted by molar-refractivity contribution is -0.115. The van der Waals surface area contributed by atoms with Crippen LogP contribution in [0.1, 0.15) is 11.3 Å². The van der Waals surface area contributed by atoms with Crippen LogP contribution >= 0.6 is 0 Å². The van der Waals surface area contributed by atoms with E-state index >= 15 is 0 Å². The molecule has 0 radical (unpaired) electrons. The third-order valence-corrected chi connectivity index (χ3v) is 4.33. The molecule has 0 fully saturated rings. The first-order chi connectivity index (χ1) is 12.1. The van der Waals surface area contributed by atoms with Gasteiger partial charge < -0.3 is 10.3 Å². The van der Waals surface area contributed by atoms with E-state index < -0.39 is 0 Å². The highest BCUT2D eigenvalue weighted by atomic mass is 19.1. The van der Waals surface area contributed by atoms with Gasteiger partial charge in [0.25, 0.3) is 0 Å². The smallest absolute Gasteiger partial charge is 0.228 e. The second-order valence-electron chi connectivity index (χ2n) is 6.02. The molecule has 124 valence electrons. The Morgan fingerprint density at radius 3 is 2.92 bits per heavy atom. The molecule has 1 amide bonds. The third kappa shape index (κ3) is 2.85. The van der Waals surface area contributed by atoms with Crippen LogP contribution in [0.25, 0.3) is 21.8 Å². The number of nitrogens with one attached hydrogen (secondary N) is 2. The average Bonchev–Trinajstić information content (AvgIpc) is 2.90. The quantitative estimate of drug-likeness (QED) is 0.586. The van der Waals surface area contributed by atoms with Crippen molar-refractivity contribution in [1.29, 1.82) is 0 Å². The van der Waals surface area contributed by atoms with Crippen molar-refractivity contribution in [3.63, 3.8) is 0 Å². The molecule has 2 aromatic heterocycles. The van der Waals surface area contributed by atoms with Gasteiger partial charge in [0.05, 0.1) is 17.6 Å². The van der Waals surface area contributed by atoms with Crippen LogP contribution in [0.3, 0.4) is 0 Å². The molecule has 25 heavy (non-hydrogen) atoms. The van der Waals surface area contributed by atoms with E-state index in [4.69, 9.17) is 0 Å². The van der Waals surface area contributed by atoms with Crippen LogP contribution in [-0.2, 0) is 11.2 Å². The first kappa shape index (κ1) is 15.3. The number of amides is 1. The summed E-state index contributed by atoms with van der Waals surface area (Å²) in [6, 6.07) is 14.0. The lowest BCUT2D eigenvalue weighted by atomic mass is 10.1. The lowest BCUT2D eigenvalue weighted by Crippen LogP contribution is -2.15. The van der Waals surface area contributed by atoms with Crippen molar-refractivity contribution in [2.24, 2.45) is 0 Å². The summed E-state index contributed by atoms with van der Waals surface area (Å²) >= 11 is 0. The summed E-state index contributed by atoms with van der Waals surface area (Å²) < 4.78 is 13.6. The number of fused-ring (bicyclic) bond motifs is 2. The van der Waals surface area contributed by atoms with Crippen molar-refractivity contribution >= 4 is 33.4 Å². The predicted molar refractivity (Wildman–Crippen MR) is 97.1 cm³/mol. The molecular formula is C20H16FN3O. The first-order valence-electron chi connectivity index (χ1n) is 8.02. The van der Waals surface area contributed by atoms with Gasteiger partial charge in [0, 0.05) is 28.2 Å². The average molecular weight is 333 g/mol. The number of hydrogen-bond acceptors (Lipinski definition) is 2. The molecule has 0 aliphatic rings. The Balaban J connectivity index is 1.64. The summed E-state index contributed by atoms with van der Waals surface area (Å²) in [5.41, 5.74) is 3.92. The highest BCUT2D eigenvalue weighted by Crippen LogP contribution is 2.25. The van der Waals surface area contributed by atoms with E-state index in [-0.39, 0.29) is 18.1 Å². The molecule has 0 unspecified atom stereocenters. The number of benzene rings is 2. The van der Waals surface area contributed by atoms with Crippen LogP contribution in [0.4, 0.5) is 10.1 Å². The largest absolute Gasteiger partial charge is 0.358 e. The van der Waals surface area contributed by atoms with Crippen LogP contribution in [0.5, 0.6) is 0 Å². The summed E-state index contributed by atoms with van der Waals surface area (Å²) in [5.74, 6) is -0.474. The Kier molecular flexibility index (Phi) is 3.69. The zero-order valence-corrected chi connectivity index (χ0v) is 13.6. The van der Waals surface area contributed by atoms with Crippen molar-refractivity contribution in [2.45, 2.75) is 13.3 Å². The van der Waals surface area contributed by atoms with Gasteiger partial charge in [0.2, 0.25) is 5.91 Å². The van der Waals surface area contributed by atoms with Gasteiger partial charge in [-0.15, -0.1) is 0 Å². The van der Waals surface area contributed by atoms with Gasteiger partial charge in [0.15, 0.2) is 0 Å². The molecule has 4 nitrogen and oxygen atoms in total. The van der Waals surface area contributed by atoms with Crippen molar-refractivity contribution in [3.05, 3.63) is 71.8 Å². The molecule has 2 heterocycles. The summed E-state index contributed by atoms with van der Waals surface area (Å²) in [7, 11) is 0. The highest BCUT2D eigenvalue weighted by molar-refractivity contribution is 6.02. The number of hydrogen-bond donors (Lipinski definition) is 2. The second kappa shape index (κ2) is 6.02. The van der Waals surface area contributed by atoms with Gasteiger partial charge in [-0.25, -0.2) is 4.39 Å². The van der Waals surface area contributed by atoms with Crippen molar-refractivity contribution in [2.75, 3.05) is 5.32 Å². The lowest BCUT2D eigenvalue weighted by Gasteiger charge is -2.08. The Labute approximate surface area is 143 Å². The van der Waals surface area contributed by atoms with E-state index in [1.807, 2.05) is 37.3 Å². The number of carbonyl (C=O) groups excluding carboxylic acids is 1. The number of H-pyrrole nitrogens is 1. The number of aryl methyl sites for hydroxylation is 1.